The van der Waals surface area contributed by atoms with Gasteiger partial charge in [0.15, 0.2) is 5.65 Å². The van der Waals surface area contributed by atoms with Crippen LogP contribution in [0.5, 0.6) is 0 Å². The molecule has 2 atom stereocenters. The van der Waals surface area contributed by atoms with Crippen LogP contribution in [0.15, 0.2) is 47.7 Å². The fraction of sp³-hybridized carbons (Fsp3) is 0.292. The summed E-state index contributed by atoms with van der Waals surface area (Å²) in [6.07, 6.45) is 6.94. The van der Waals surface area contributed by atoms with E-state index >= 15 is 0 Å². The van der Waals surface area contributed by atoms with E-state index in [0.29, 0.717) is 29.2 Å². The largest absolute Gasteiger partial charge is 0.373 e. The van der Waals surface area contributed by atoms with E-state index in [2.05, 4.69) is 16.2 Å². The summed E-state index contributed by atoms with van der Waals surface area (Å²) in [5.74, 6) is 0.0810. The number of aryl methyl sites for hydroxylation is 2. The van der Waals surface area contributed by atoms with E-state index in [-0.39, 0.29) is 22.6 Å². The van der Waals surface area contributed by atoms with Gasteiger partial charge in [0.2, 0.25) is 0 Å². The molecule has 5 rings (SSSR count). The van der Waals surface area contributed by atoms with Gasteiger partial charge in [0, 0.05) is 43.1 Å². The van der Waals surface area contributed by atoms with Crippen molar-refractivity contribution in [2.45, 2.75) is 31.8 Å². The lowest BCUT2D eigenvalue weighted by molar-refractivity contribution is 0.00456. The maximum absolute atomic E-state index is 13.0. The number of nitrogens with zero attached hydrogens (tertiary/aromatic N) is 6. The first-order valence-corrected chi connectivity index (χ1v) is 11.0. The number of hydrogen-bond donors (Lipinski definition) is 0. The number of benzene rings is 1. The first kappa shape index (κ1) is 21.3. The fourth-order valence-electron chi connectivity index (χ4n) is 4.24. The lowest BCUT2D eigenvalue weighted by Gasteiger charge is -2.29. The average Bonchev–Trinajstić information content (AvgIpc) is 3.29. The van der Waals surface area contributed by atoms with E-state index in [9.17, 15) is 4.79 Å². The van der Waals surface area contributed by atoms with Gasteiger partial charge in [-0.3, -0.25) is 13.9 Å². The number of fused-ring (bicyclic) bond motifs is 1. The summed E-state index contributed by atoms with van der Waals surface area (Å²) in [6.45, 7) is 2.29. The molecular formula is C24H21ClN6O2. The summed E-state index contributed by atoms with van der Waals surface area (Å²) in [6, 6.07) is 9.23. The summed E-state index contributed by atoms with van der Waals surface area (Å²) in [4.78, 5) is 22.6. The molecule has 1 aliphatic heterocycles. The highest BCUT2D eigenvalue weighted by atomic mass is 35.5. The molecule has 0 amide bonds. The zero-order valence-corrected chi connectivity index (χ0v) is 19.0. The molecule has 1 aromatic carbocycles. The molecular weight excluding hydrogens is 440 g/mol. The molecule has 1 saturated heterocycles. The van der Waals surface area contributed by atoms with E-state index < -0.39 is 0 Å². The van der Waals surface area contributed by atoms with Gasteiger partial charge in [0.1, 0.15) is 10.7 Å². The monoisotopic (exact) mass is 460 g/mol. The molecule has 0 spiro atoms. The Morgan fingerprint density at radius 2 is 2.00 bits per heavy atom. The zero-order valence-electron chi connectivity index (χ0n) is 18.2. The molecule has 1 aliphatic rings. The standard InChI is InChI=1S/C24H21ClN6O2/c1-14-21(25)24(32)31-13-19(17-7-8-33-20(9-17)18-11-27-30(2)12-18)29-22(23(31)28-14)16-5-3-15(10-26)4-6-16/h3-6,11-13,17,20H,7-9H2,1-2H3/t17-,20-/m1/s1. The molecule has 0 unspecified atom stereocenters. The molecule has 33 heavy (non-hydrogen) atoms. The molecule has 0 radical (unpaired) electrons. The zero-order chi connectivity index (χ0) is 23.1. The van der Waals surface area contributed by atoms with Crippen molar-refractivity contribution >= 4 is 17.2 Å². The van der Waals surface area contributed by atoms with E-state index in [4.69, 9.17) is 26.6 Å². The third-order valence-corrected chi connectivity index (χ3v) is 6.46. The Balaban J connectivity index is 1.64. The average molecular weight is 461 g/mol. The van der Waals surface area contributed by atoms with E-state index in [0.717, 1.165) is 29.7 Å². The molecule has 3 aromatic heterocycles. The van der Waals surface area contributed by atoms with Crippen molar-refractivity contribution in [3.63, 3.8) is 0 Å². The summed E-state index contributed by atoms with van der Waals surface area (Å²) in [5, 5.41) is 13.5. The predicted molar refractivity (Wildman–Crippen MR) is 123 cm³/mol. The number of aromatic nitrogens is 5. The first-order valence-electron chi connectivity index (χ1n) is 10.6. The van der Waals surface area contributed by atoms with Crippen molar-refractivity contribution < 1.29 is 4.74 Å². The maximum atomic E-state index is 13.0. The lowest BCUT2D eigenvalue weighted by Crippen LogP contribution is -2.23. The third-order valence-electron chi connectivity index (χ3n) is 6.03. The van der Waals surface area contributed by atoms with Gasteiger partial charge in [0.25, 0.3) is 5.56 Å². The van der Waals surface area contributed by atoms with Crippen LogP contribution < -0.4 is 5.56 Å². The van der Waals surface area contributed by atoms with Crippen LogP contribution in [-0.2, 0) is 11.8 Å². The van der Waals surface area contributed by atoms with Gasteiger partial charge in [-0.15, -0.1) is 0 Å². The Morgan fingerprint density at radius 1 is 1.21 bits per heavy atom. The molecule has 0 N–H and O–H groups in total. The van der Waals surface area contributed by atoms with Crippen molar-refractivity contribution in [1.82, 2.24) is 24.1 Å². The number of hydrogen-bond acceptors (Lipinski definition) is 6. The van der Waals surface area contributed by atoms with Crippen LogP contribution in [0.25, 0.3) is 16.9 Å². The smallest absolute Gasteiger partial charge is 0.277 e. The van der Waals surface area contributed by atoms with Crippen molar-refractivity contribution in [3.8, 4) is 17.3 Å². The lowest BCUT2D eigenvalue weighted by atomic mass is 9.90. The van der Waals surface area contributed by atoms with Crippen LogP contribution in [0.3, 0.4) is 0 Å². The van der Waals surface area contributed by atoms with Crippen LogP contribution in [0.4, 0.5) is 0 Å². The second-order valence-corrected chi connectivity index (χ2v) is 8.62. The Hall–Kier alpha value is -3.54. The SMILES string of the molecule is Cc1nc2c(-c3ccc(C#N)cc3)nc([C@@H]3CCO[C@@H](c4cnn(C)c4)C3)cn2c(=O)c1Cl. The van der Waals surface area contributed by atoms with Gasteiger partial charge in [-0.25, -0.2) is 9.97 Å². The van der Waals surface area contributed by atoms with Gasteiger partial charge in [0.05, 0.1) is 35.3 Å². The molecule has 0 aliphatic carbocycles. The van der Waals surface area contributed by atoms with Crippen LogP contribution in [-0.4, -0.2) is 30.8 Å². The highest BCUT2D eigenvalue weighted by Crippen LogP contribution is 2.37. The highest BCUT2D eigenvalue weighted by Gasteiger charge is 2.28. The van der Waals surface area contributed by atoms with Crippen molar-refractivity contribution in [1.29, 1.82) is 5.26 Å². The maximum Gasteiger partial charge on any atom is 0.277 e. The summed E-state index contributed by atoms with van der Waals surface area (Å²) in [5.41, 5.74) is 4.27. The highest BCUT2D eigenvalue weighted by molar-refractivity contribution is 6.31. The number of ether oxygens (including phenoxy) is 1. The van der Waals surface area contributed by atoms with Crippen LogP contribution in [0.2, 0.25) is 5.02 Å². The Labute approximate surface area is 195 Å². The Bertz CT molecular complexity index is 1450. The quantitative estimate of drug-likeness (QED) is 0.459. The first-order chi connectivity index (χ1) is 15.9. The minimum absolute atomic E-state index is 0.0810. The summed E-state index contributed by atoms with van der Waals surface area (Å²) < 4.78 is 9.25. The van der Waals surface area contributed by atoms with Crippen LogP contribution in [0, 0.1) is 18.3 Å². The molecule has 8 nitrogen and oxygen atoms in total. The second kappa shape index (κ2) is 8.43. The van der Waals surface area contributed by atoms with Crippen LogP contribution >= 0.6 is 11.6 Å². The molecule has 166 valence electrons. The normalized spacial score (nSPS) is 18.4. The second-order valence-electron chi connectivity index (χ2n) is 8.24. The number of halogens is 1. The summed E-state index contributed by atoms with van der Waals surface area (Å²) >= 11 is 6.26. The van der Waals surface area contributed by atoms with Gasteiger partial charge in [-0.2, -0.15) is 10.4 Å². The van der Waals surface area contributed by atoms with Gasteiger partial charge >= 0.3 is 0 Å². The molecule has 0 bridgehead atoms. The van der Waals surface area contributed by atoms with Crippen LogP contribution in [0.1, 0.15) is 47.4 Å². The molecule has 4 aromatic rings. The van der Waals surface area contributed by atoms with E-state index in [1.165, 1.54) is 4.40 Å². The van der Waals surface area contributed by atoms with E-state index in [1.54, 1.807) is 29.9 Å². The predicted octanol–water partition coefficient (Wildman–Crippen LogP) is 3.96. The minimum Gasteiger partial charge on any atom is -0.373 e. The molecule has 1 fully saturated rings. The molecule has 4 heterocycles. The van der Waals surface area contributed by atoms with E-state index in [1.807, 2.05) is 31.6 Å². The Morgan fingerprint density at radius 3 is 2.70 bits per heavy atom. The third kappa shape index (κ3) is 3.90. The van der Waals surface area contributed by atoms with Crippen molar-refractivity contribution in [3.05, 3.63) is 80.7 Å². The van der Waals surface area contributed by atoms with Gasteiger partial charge in [-0.05, 0) is 31.9 Å². The Kier molecular flexibility index (Phi) is 5.44. The number of rotatable bonds is 3. The van der Waals surface area contributed by atoms with Gasteiger partial charge in [-0.1, -0.05) is 23.7 Å². The van der Waals surface area contributed by atoms with Crippen molar-refractivity contribution in [2.75, 3.05) is 6.61 Å². The molecule has 9 heteroatoms. The van der Waals surface area contributed by atoms with Gasteiger partial charge < -0.3 is 4.74 Å². The summed E-state index contributed by atoms with van der Waals surface area (Å²) in [7, 11) is 1.88. The van der Waals surface area contributed by atoms with Crippen molar-refractivity contribution in [2.24, 2.45) is 7.05 Å². The fourth-order valence-corrected chi connectivity index (χ4v) is 4.38. The molecule has 0 saturated carbocycles. The minimum atomic E-state index is -0.325. The topological polar surface area (TPSA) is 98.1 Å². The number of nitriles is 1.